The van der Waals surface area contributed by atoms with Crippen LogP contribution in [-0.2, 0) is 25.4 Å². The van der Waals surface area contributed by atoms with E-state index >= 15 is 0 Å². The molecule has 1 unspecified atom stereocenters. The van der Waals surface area contributed by atoms with Gasteiger partial charge in [-0.2, -0.15) is 0 Å². The van der Waals surface area contributed by atoms with Crippen LogP contribution < -0.4 is 0 Å². The number of carbonyl (C=O) groups excluding carboxylic acids is 2. The van der Waals surface area contributed by atoms with Crippen molar-refractivity contribution in [1.29, 1.82) is 0 Å². The molecule has 0 saturated carbocycles. The molecule has 1 N–H and O–H groups in total. The molecule has 3 atom stereocenters. The largest absolute Gasteiger partial charge is 0.466 e. The number of carbonyl (C=O) groups is 2. The SMILES string of the molecule is CCOC(=O)[C@H](CC(C)C)CP(=O)(O)[C@H]1CCCN1C(=O)OCc1ccccc1. The summed E-state index contributed by atoms with van der Waals surface area (Å²) in [6.45, 7) is 6.33. The van der Waals surface area contributed by atoms with Gasteiger partial charge in [0.1, 0.15) is 12.4 Å². The van der Waals surface area contributed by atoms with Crippen LogP contribution in [0.1, 0.15) is 45.6 Å². The van der Waals surface area contributed by atoms with Gasteiger partial charge >= 0.3 is 12.1 Å². The Balaban J connectivity index is 2.05. The van der Waals surface area contributed by atoms with Gasteiger partial charge in [-0.3, -0.25) is 14.3 Å². The van der Waals surface area contributed by atoms with Gasteiger partial charge in [0, 0.05) is 12.7 Å². The van der Waals surface area contributed by atoms with Gasteiger partial charge in [-0.1, -0.05) is 44.2 Å². The molecule has 1 heterocycles. The van der Waals surface area contributed by atoms with Gasteiger partial charge in [-0.05, 0) is 37.7 Å². The lowest BCUT2D eigenvalue weighted by Gasteiger charge is -2.30. The van der Waals surface area contributed by atoms with Crippen molar-refractivity contribution in [3.8, 4) is 0 Å². The molecule has 1 aliphatic rings. The number of benzene rings is 1. The van der Waals surface area contributed by atoms with E-state index in [1.807, 2.05) is 44.2 Å². The Morgan fingerprint density at radius 1 is 1.24 bits per heavy atom. The van der Waals surface area contributed by atoms with E-state index in [1.54, 1.807) is 6.92 Å². The molecular weight excluding hydrogens is 393 g/mol. The van der Waals surface area contributed by atoms with Crippen molar-refractivity contribution in [1.82, 2.24) is 4.90 Å². The third kappa shape index (κ3) is 6.86. The van der Waals surface area contributed by atoms with Crippen LogP contribution in [0.15, 0.2) is 30.3 Å². The highest BCUT2D eigenvalue weighted by atomic mass is 31.2. The predicted octanol–water partition coefficient (Wildman–Crippen LogP) is 4.24. The van der Waals surface area contributed by atoms with Gasteiger partial charge in [0.15, 0.2) is 0 Å². The van der Waals surface area contributed by atoms with Crippen molar-refractivity contribution in [3.05, 3.63) is 35.9 Å². The average molecular weight is 425 g/mol. The summed E-state index contributed by atoms with van der Waals surface area (Å²) in [5.41, 5.74) is 0.850. The fraction of sp³-hybridized carbons (Fsp3) is 0.619. The molecule has 0 aliphatic carbocycles. The van der Waals surface area contributed by atoms with Crippen LogP contribution in [-0.4, -0.2) is 47.0 Å². The van der Waals surface area contributed by atoms with Gasteiger partial charge in [0.2, 0.25) is 7.37 Å². The second-order valence-corrected chi connectivity index (χ2v) is 10.3. The highest BCUT2D eigenvalue weighted by Crippen LogP contribution is 2.53. The van der Waals surface area contributed by atoms with Crippen LogP contribution in [0, 0.1) is 11.8 Å². The zero-order chi connectivity index (χ0) is 21.4. The highest BCUT2D eigenvalue weighted by molar-refractivity contribution is 7.58. The molecule has 7 nitrogen and oxygen atoms in total. The minimum atomic E-state index is -3.81. The molecule has 0 radical (unpaired) electrons. The number of hydrogen-bond acceptors (Lipinski definition) is 5. The van der Waals surface area contributed by atoms with E-state index in [0.717, 1.165) is 5.56 Å². The molecule has 0 spiro atoms. The van der Waals surface area contributed by atoms with Crippen LogP contribution in [0.3, 0.4) is 0 Å². The second-order valence-electron chi connectivity index (χ2n) is 7.87. The second kappa shape index (κ2) is 10.8. The molecule has 8 heteroatoms. The van der Waals surface area contributed by atoms with Crippen LogP contribution in [0.25, 0.3) is 0 Å². The first-order valence-corrected chi connectivity index (χ1v) is 12.1. The molecular formula is C21H32NO6P. The molecule has 1 aliphatic heterocycles. The smallest absolute Gasteiger partial charge is 0.410 e. The van der Waals surface area contributed by atoms with E-state index < -0.39 is 31.1 Å². The Morgan fingerprint density at radius 2 is 1.93 bits per heavy atom. The molecule has 29 heavy (non-hydrogen) atoms. The molecule has 1 aromatic rings. The Morgan fingerprint density at radius 3 is 2.55 bits per heavy atom. The average Bonchev–Trinajstić information content (AvgIpc) is 3.17. The van der Waals surface area contributed by atoms with Gasteiger partial charge in [0.25, 0.3) is 0 Å². The minimum Gasteiger partial charge on any atom is -0.466 e. The molecule has 1 aromatic carbocycles. The van der Waals surface area contributed by atoms with Crippen LogP contribution >= 0.6 is 7.37 Å². The summed E-state index contributed by atoms with van der Waals surface area (Å²) in [6, 6.07) is 9.28. The number of rotatable bonds is 9. The summed E-state index contributed by atoms with van der Waals surface area (Å²) < 4.78 is 23.7. The van der Waals surface area contributed by atoms with Gasteiger partial charge in [-0.25, -0.2) is 4.79 Å². The van der Waals surface area contributed by atoms with E-state index in [2.05, 4.69) is 0 Å². The van der Waals surface area contributed by atoms with E-state index in [1.165, 1.54) is 4.90 Å². The van der Waals surface area contributed by atoms with Crippen molar-refractivity contribution in [2.24, 2.45) is 11.8 Å². The maximum absolute atomic E-state index is 13.2. The van der Waals surface area contributed by atoms with Crippen LogP contribution in [0.4, 0.5) is 4.79 Å². The monoisotopic (exact) mass is 425 g/mol. The first kappa shape index (κ1) is 23.4. The number of amides is 1. The third-order valence-electron chi connectivity index (χ3n) is 4.98. The molecule has 0 bridgehead atoms. The third-order valence-corrected chi connectivity index (χ3v) is 7.42. The molecule has 1 fully saturated rings. The normalized spacial score (nSPS) is 19.6. The van der Waals surface area contributed by atoms with Crippen molar-refractivity contribution in [3.63, 3.8) is 0 Å². The zero-order valence-electron chi connectivity index (χ0n) is 17.5. The summed E-state index contributed by atoms with van der Waals surface area (Å²) in [7, 11) is -3.81. The Labute approximate surface area is 172 Å². The van der Waals surface area contributed by atoms with Gasteiger partial charge in [0.05, 0.1) is 12.5 Å². The lowest BCUT2D eigenvalue weighted by atomic mass is 9.99. The van der Waals surface area contributed by atoms with Crippen molar-refractivity contribution in [2.75, 3.05) is 19.3 Å². The van der Waals surface area contributed by atoms with E-state index in [9.17, 15) is 19.0 Å². The molecule has 1 amide bonds. The summed E-state index contributed by atoms with van der Waals surface area (Å²) in [5, 5.41) is 0. The molecule has 2 rings (SSSR count). The van der Waals surface area contributed by atoms with Crippen LogP contribution in [0.2, 0.25) is 0 Å². The zero-order valence-corrected chi connectivity index (χ0v) is 18.3. The Kier molecular flexibility index (Phi) is 8.72. The summed E-state index contributed by atoms with van der Waals surface area (Å²) in [4.78, 5) is 37.0. The topological polar surface area (TPSA) is 93.1 Å². The number of hydrogen-bond donors (Lipinski definition) is 1. The fourth-order valence-corrected chi connectivity index (χ4v) is 6.10. The van der Waals surface area contributed by atoms with Crippen LogP contribution in [0.5, 0.6) is 0 Å². The Hall–Kier alpha value is -1.85. The lowest BCUT2D eigenvalue weighted by Crippen LogP contribution is -2.37. The number of likely N-dealkylation sites (tertiary alicyclic amines) is 1. The van der Waals surface area contributed by atoms with E-state index in [4.69, 9.17) is 9.47 Å². The first-order chi connectivity index (χ1) is 13.7. The van der Waals surface area contributed by atoms with Crippen molar-refractivity contribution >= 4 is 19.4 Å². The quantitative estimate of drug-likeness (QED) is 0.470. The molecule has 162 valence electrons. The van der Waals surface area contributed by atoms with Gasteiger partial charge < -0.3 is 14.4 Å². The van der Waals surface area contributed by atoms with Crippen molar-refractivity contribution < 1.29 is 28.5 Å². The number of ether oxygens (including phenoxy) is 2. The first-order valence-electron chi connectivity index (χ1n) is 10.2. The maximum Gasteiger partial charge on any atom is 0.410 e. The van der Waals surface area contributed by atoms with Gasteiger partial charge in [-0.15, -0.1) is 0 Å². The van der Waals surface area contributed by atoms with Crippen molar-refractivity contribution in [2.45, 2.75) is 52.4 Å². The standard InChI is InChI=1S/C21H32NO6P/c1-4-27-20(23)18(13-16(2)3)15-29(25,26)19-11-8-12-22(19)21(24)28-14-17-9-6-5-7-10-17/h5-7,9-10,16,18-19H,4,8,11-15H2,1-3H3,(H,25,26)/t18-,19+/m1/s1. The Bertz CT molecular complexity index is 723. The van der Waals surface area contributed by atoms with E-state index in [0.29, 0.717) is 25.8 Å². The fourth-order valence-electron chi connectivity index (χ4n) is 3.70. The predicted molar refractivity (Wildman–Crippen MR) is 111 cm³/mol. The molecule has 0 aromatic heterocycles. The van der Waals surface area contributed by atoms with E-state index in [-0.39, 0.29) is 25.3 Å². The molecule has 1 saturated heterocycles. The highest BCUT2D eigenvalue weighted by Gasteiger charge is 2.44. The number of esters is 1. The summed E-state index contributed by atoms with van der Waals surface area (Å²) >= 11 is 0. The summed E-state index contributed by atoms with van der Waals surface area (Å²) in [6.07, 6.45) is 0.739. The lowest BCUT2D eigenvalue weighted by molar-refractivity contribution is -0.147. The number of nitrogens with zero attached hydrogens (tertiary/aromatic N) is 1. The minimum absolute atomic E-state index is 0.109. The maximum atomic E-state index is 13.2. The summed E-state index contributed by atoms with van der Waals surface area (Å²) in [5.74, 6) is -1.75.